The quantitative estimate of drug-likeness (QED) is 0.362. The van der Waals surface area contributed by atoms with E-state index in [2.05, 4.69) is 0 Å². The van der Waals surface area contributed by atoms with Gasteiger partial charge in [0.05, 0.1) is 16.3 Å². The van der Waals surface area contributed by atoms with Gasteiger partial charge in [0.2, 0.25) is 0 Å². The number of fused-ring (bicyclic) bond motifs is 2. The molecule has 0 saturated carbocycles. The Morgan fingerprint density at radius 3 is 2.23 bits per heavy atom. The zero-order valence-electron chi connectivity index (χ0n) is 15.5. The zero-order chi connectivity index (χ0) is 20.7. The average Bonchev–Trinajstić information content (AvgIpc) is 3.36. The first-order valence-electron chi connectivity index (χ1n) is 9.09. The molecule has 0 spiro atoms. The predicted octanol–water partition coefficient (Wildman–Crippen LogP) is 5.78. The first-order chi connectivity index (χ1) is 14.6. The van der Waals surface area contributed by atoms with Gasteiger partial charge in [0.1, 0.15) is 10.9 Å². The number of hydrogen-bond donors (Lipinski definition) is 0. The van der Waals surface area contributed by atoms with Crippen LogP contribution in [0.2, 0.25) is 0 Å². The number of thiocarbonyl (C=S) groups is 1. The monoisotopic (exact) mass is 466 g/mol. The number of para-hydroxylation sites is 2. The number of amides is 2. The molecule has 0 bridgehead atoms. The molecule has 0 aliphatic carbocycles. The molecule has 1 saturated heterocycles. The molecule has 0 unspecified atom stereocenters. The van der Waals surface area contributed by atoms with Gasteiger partial charge in [0.25, 0.3) is 11.8 Å². The molecule has 0 atom stereocenters. The molecule has 30 heavy (non-hydrogen) atoms. The van der Waals surface area contributed by atoms with Crippen LogP contribution in [0.15, 0.2) is 80.7 Å². The van der Waals surface area contributed by atoms with Crippen LogP contribution in [0.4, 0.5) is 11.4 Å². The third-order valence-electron chi connectivity index (χ3n) is 4.67. The summed E-state index contributed by atoms with van der Waals surface area (Å²) < 4.78 is 0.407. The van der Waals surface area contributed by atoms with Crippen LogP contribution in [0.3, 0.4) is 0 Å². The van der Waals surface area contributed by atoms with Crippen LogP contribution in [0.25, 0.3) is 6.08 Å². The van der Waals surface area contributed by atoms with Crippen molar-refractivity contribution >= 4 is 80.7 Å². The Bertz CT molecular complexity index is 1160. The minimum absolute atomic E-state index is 0.0974. The van der Waals surface area contributed by atoms with Gasteiger partial charge in [-0.25, -0.2) is 0 Å². The molecule has 1 aromatic heterocycles. The van der Waals surface area contributed by atoms with Crippen LogP contribution in [0.5, 0.6) is 0 Å². The minimum Gasteiger partial charge on any atom is -0.283 e. The normalized spacial score (nSPS) is 16.7. The van der Waals surface area contributed by atoms with Crippen molar-refractivity contribution in [3.05, 3.63) is 75.8 Å². The average molecular weight is 467 g/mol. The minimum atomic E-state index is -0.222. The highest BCUT2D eigenvalue weighted by atomic mass is 32.2. The lowest BCUT2D eigenvalue weighted by Crippen LogP contribution is -2.41. The molecule has 3 aromatic rings. The summed E-state index contributed by atoms with van der Waals surface area (Å²) in [6, 6.07) is 19.5. The first-order valence-corrected chi connectivity index (χ1v) is 12.0. The van der Waals surface area contributed by atoms with Crippen LogP contribution in [0.1, 0.15) is 4.88 Å². The van der Waals surface area contributed by atoms with Gasteiger partial charge in [0, 0.05) is 14.7 Å². The maximum Gasteiger partial charge on any atom is 0.266 e. The van der Waals surface area contributed by atoms with Crippen LogP contribution in [-0.2, 0) is 9.59 Å². The summed E-state index contributed by atoms with van der Waals surface area (Å²) in [5.74, 6) is -0.413. The van der Waals surface area contributed by atoms with E-state index in [4.69, 9.17) is 12.2 Å². The Morgan fingerprint density at radius 1 is 0.933 bits per heavy atom. The number of thiophene rings is 1. The van der Waals surface area contributed by atoms with Crippen LogP contribution < -0.4 is 4.90 Å². The van der Waals surface area contributed by atoms with Crippen molar-refractivity contribution in [1.29, 1.82) is 0 Å². The van der Waals surface area contributed by atoms with Gasteiger partial charge in [-0.2, -0.15) is 0 Å². The van der Waals surface area contributed by atoms with E-state index in [-0.39, 0.29) is 18.4 Å². The fourth-order valence-corrected chi connectivity index (χ4v) is 6.35. The molecule has 1 fully saturated rings. The van der Waals surface area contributed by atoms with Crippen molar-refractivity contribution < 1.29 is 9.59 Å². The fraction of sp³-hybridized carbons (Fsp3) is 0.0455. The Kier molecular flexibility index (Phi) is 5.24. The highest BCUT2D eigenvalue weighted by Crippen LogP contribution is 2.48. The van der Waals surface area contributed by atoms with E-state index in [0.717, 1.165) is 26.0 Å². The molecule has 5 rings (SSSR count). The highest BCUT2D eigenvalue weighted by molar-refractivity contribution is 8.26. The predicted molar refractivity (Wildman–Crippen MR) is 128 cm³/mol. The van der Waals surface area contributed by atoms with Gasteiger partial charge in [-0.15, -0.1) is 11.3 Å². The van der Waals surface area contributed by atoms with Crippen molar-refractivity contribution in [2.45, 2.75) is 9.79 Å². The lowest BCUT2D eigenvalue weighted by atomic mass is 10.2. The van der Waals surface area contributed by atoms with E-state index >= 15 is 0 Å². The highest BCUT2D eigenvalue weighted by Gasteiger charge is 2.36. The van der Waals surface area contributed by atoms with Crippen molar-refractivity contribution in [3.8, 4) is 0 Å². The third-order valence-corrected chi connectivity index (χ3v) is 7.99. The number of carbonyl (C=O) groups is 2. The van der Waals surface area contributed by atoms with Crippen LogP contribution >= 0.6 is 47.1 Å². The van der Waals surface area contributed by atoms with E-state index in [1.54, 1.807) is 28.0 Å². The van der Waals surface area contributed by atoms with Gasteiger partial charge >= 0.3 is 0 Å². The topological polar surface area (TPSA) is 40.6 Å². The summed E-state index contributed by atoms with van der Waals surface area (Å²) in [5.41, 5.74) is 1.65. The molecule has 148 valence electrons. The SMILES string of the molecule is O=C1/C(=C/c2cccs2)SC(=S)N1CC(=O)N1c2ccccc2Sc2ccccc21. The number of anilines is 2. The lowest BCUT2D eigenvalue weighted by molar-refractivity contribution is -0.127. The zero-order valence-corrected chi connectivity index (χ0v) is 18.7. The number of nitrogens with zero attached hydrogens (tertiary/aromatic N) is 2. The Labute approximate surface area is 191 Å². The van der Waals surface area contributed by atoms with Crippen molar-refractivity contribution in [2.24, 2.45) is 0 Å². The maximum atomic E-state index is 13.4. The second-order valence-electron chi connectivity index (χ2n) is 6.55. The van der Waals surface area contributed by atoms with Crippen molar-refractivity contribution in [3.63, 3.8) is 0 Å². The summed E-state index contributed by atoms with van der Waals surface area (Å²) >= 11 is 9.85. The van der Waals surface area contributed by atoms with E-state index in [1.165, 1.54) is 16.7 Å². The van der Waals surface area contributed by atoms with Crippen LogP contribution in [-0.4, -0.2) is 27.6 Å². The summed E-state index contributed by atoms with van der Waals surface area (Å²) in [6.07, 6.45) is 1.83. The number of hydrogen-bond acceptors (Lipinski definition) is 6. The van der Waals surface area contributed by atoms with Gasteiger partial charge in [-0.3, -0.25) is 19.4 Å². The summed E-state index contributed by atoms with van der Waals surface area (Å²) in [7, 11) is 0. The molecule has 4 nitrogen and oxygen atoms in total. The molecular formula is C22H14N2O2S4. The molecule has 2 aliphatic heterocycles. The van der Waals surface area contributed by atoms with Gasteiger partial charge < -0.3 is 0 Å². The van der Waals surface area contributed by atoms with Crippen LogP contribution in [0, 0.1) is 0 Å². The Morgan fingerprint density at radius 2 is 1.60 bits per heavy atom. The Balaban J connectivity index is 1.45. The fourth-order valence-electron chi connectivity index (χ4n) is 3.32. The number of benzene rings is 2. The number of thioether (sulfide) groups is 1. The van der Waals surface area contributed by atoms with Crippen molar-refractivity contribution in [1.82, 2.24) is 4.90 Å². The van der Waals surface area contributed by atoms with E-state index < -0.39 is 0 Å². The summed E-state index contributed by atoms with van der Waals surface area (Å²) in [6.45, 7) is -0.0974. The molecule has 2 amide bonds. The summed E-state index contributed by atoms with van der Waals surface area (Å²) in [4.78, 5) is 33.0. The molecular weight excluding hydrogens is 453 g/mol. The standard InChI is InChI=1S/C22H14N2O2S4/c25-20(13-23-21(26)19(30-22(23)27)12-14-6-5-11-28-14)24-15-7-1-3-9-17(15)29-18-10-4-2-8-16(18)24/h1-12H,13H2/b19-12-. The molecule has 2 aromatic carbocycles. The largest absolute Gasteiger partial charge is 0.283 e. The second-order valence-corrected chi connectivity index (χ2v) is 10.3. The maximum absolute atomic E-state index is 13.4. The Hall–Kier alpha value is -2.39. The summed E-state index contributed by atoms with van der Waals surface area (Å²) in [5, 5.41) is 1.96. The molecule has 0 radical (unpaired) electrons. The molecule has 2 aliphatic rings. The number of carbonyl (C=O) groups excluding carboxylic acids is 2. The van der Waals surface area contributed by atoms with E-state index in [1.807, 2.05) is 72.1 Å². The molecule has 3 heterocycles. The third kappa shape index (κ3) is 3.50. The van der Waals surface area contributed by atoms with E-state index in [9.17, 15) is 9.59 Å². The van der Waals surface area contributed by atoms with Gasteiger partial charge in [-0.1, -0.05) is 66.1 Å². The van der Waals surface area contributed by atoms with Crippen molar-refractivity contribution in [2.75, 3.05) is 11.4 Å². The van der Waals surface area contributed by atoms with Gasteiger partial charge in [0.15, 0.2) is 0 Å². The first kappa shape index (κ1) is 19.6. The van der Waals surface area contributed by atoms with E-state index in [0.29, 0.717) is 9.23 Å². The second kappa shape index (κ2) is 8.03. The number of rotatable bonds is 3. The lowest BCUT2D eigenvalue weighted by Gasteiger charge is -2.32. The smallest absolute Gasteiger partial charge is 0.266 e. The molecule has 0 N–H and O–H groups in total. The van der Waals surface area contributed by atoms with Gasteiger partial charge in [-0.05, 0) is 41.8 Å². The molecule has 8 heteroatoms.